The summed E-state index contributed by atoms with van der Waals surface area (Å²) in [5.41, 5.74) is 1.24. The van der Waals surface area contributed by atoms with E-state index >= 15 is 0 Å². The molecule has 1 nitrogen and oxygen atoms in total. The van der Waals surface area contributed by atoms with Gasteiger partial charge in [-0.1, -0.05) is 49.4 Å². The van der Waals surface area contributed by atoms with Crippen molar-refractivity contribution in [2.75, 3.05) is 0 Å². The first-order chi connectivity index (χ1) is 7.81. The molecule has 83 valence electrons. The molecule has 1 unspecified atom stereocenters. The van der Waals surface area contributed by atoms with Crippen LogP contribution in [0.1, 0.15) is 18.9 Å². The largest absolute Gasteiger partial charge is 0.374 e. The fraction of sp³-hybridized carbons (Fsp3) is 0.267. The molecule has 2 aromatic rings. The highest BCUT2D eigenvalue weighted by molar-refractivity contribution is 5.85. The molecular formula is C15H17O. The molecule has 0 amide bonds. The van der Waals surface area contributed by atoms with Crippen molar-refractivity contribution in [1.82, 2.24) is 0 Å². The predicted molar refractivity (Wildman–Crippen MR) is 68.2 cm³/mol. The Morgan fingerprint density at radius 1 is 1.12 bits per heavy atom. The van der Waals surface area contributed by atoms with Gasteiger partial charge in [0.25, 0.3) is 0 Å². The van der Waals surface area contributed by atoms with Gasteiger partial charge >= 0.3 is 0 Å². The molecule has 0 spiro atoms. The summed E-state index contributed by atoms with van der Waals surface area (Å²) in [7, 11) is 0. The van der Waals surface area contributed by atoms with Gasteiger partial charge in [0.1, 0.15) is 0 Å². The number of fused-ring (bicyclic) bond motifs is 1. The van der Waals surface area contributed by atoms with Gasteiger partial charge in [-0.05, 0) is 29.7 Å². The fourth-order valence-corrected chi connectivity index (χ4v) is 1.74. The summed E-state index contributed by atoms with van der Waals surface area (Å²) in [6.45, 7) is 6.66. The Morgan fingerprint density at radius 3 is 2.69 bits per heavy atom. The Balaban J connectivity index is 2.23. The average molecular weight is 213 g/mol. The molecule has 0 N–H and O–H groups in total. The van der Waals surface area contributed by atoms with Crippen LogP contribution in [0, 0.1) is 6.92 Å². The molecule has 0 heterocycles. The number of ether oxygens (including phenoxy) is 1. The van der Waals surface area contributed by atoms with Crippen molar-refractivity contribution in [3.63, 3.8) is 0 Å². The Labute approximate surface area is 97.1 Å². The third-order valence-electron chi connectivity index (χ3n) is 2.81. The lowest BCUT2D eigenvalue weighted by Crippen LogP contribution is -2.06. The van der Waals surface area contributed by atoms with Crippen LogP contribution >= 0.6 is 0 Å². The minimum atomic E-state index is 0.0824. The van der Waals surface area contributed by atoms with Crippen LogP contribution in [0.15, 0.2) is 42.5 Å². The van der Waals surface area contributed by atoms with E-state index in [0.717, 1.165) is 6.42 Å². The maximum absolute atomic E-state index is 5.67. The number of rotatable bonds is 4. The molecule has 1 atom stereocenters. The van der Waals surface area contributed by atoms with E-state index in [-0.39, 0.29) is 6.10 Å². The zero-order valence-corrected chi connectivity index (χ0v) is 9.65. The van der Waals surface area contributed by atoms with Gasteiger partial charge in [-0.15, -0.1) is 0 Å². The lowest BCUT2D eigenvalue weighted by atomic mass is 10.1. The molecular weight excluding hydrogens is 196 g/mol. The Hall–Kier alpha value is -1.34. The van der Waals surface area contributed by atoms with Crippen LogP contribution in [0.3, 0.4) is 0 Å². The number of hydrogen-bond acceptors (Lipinski definition) is 1. The van der Waals surface area contributed by atoms with E-state index in [1.54, 1.807) is 0 Å². The van der Waals surface area contributed by atoms with Crippen LogP contribution in [0.4, 0.5) is 0 Å². The van der Waals surface area contributed by atoms with E-state index in [9.17, 15) is 0 Å². The van der Waals surface area contributed by atoms with Crippen molar-refractivity contribution >= 4 is 10.8 Å². The van der Waals surface area contributed by atoms with Gasteiger partial charge in [0, 0.05) is 0 Å². The van der Waals surface area contributed by atoms with Crippen molar-refractivity contribution in [3.05, 3.63) is 55.0 Å². The minimum Gasteiger partial charge on any atom is -0.374 e. The first-order valence-electron chi connectivity index (χ1n) is 5.72. The van der Waals surface area contributed by atoms with Gasteiger partial charge in [-0.25, -0.2) is 0 Å². The SMILES string of the molecule is [CH2]C(CC)OCc1cccc2ccccc12. The molecule has 0 fully saturated rings. The van der Waals surface area contributed by atoms with Crippen LogP contribution in [0.25, 0.3) is 10.8 Å². The van der Waals surface area contributed by atoms with Crippen LogP contribution in [-0.4, -0.2) is 6.10 Å². The van der Waals surface area contributed by atoms with E-state index in [1.165, 1.54) is 16.3 Å². The van der Waals surface area contributed by atoms with Gasteiger partial charge in [0.2, 0.25) is 0 Å². The zero-order chi connectivity index (χ0) is 11.4. The quantitative estimate of drug-likeness (QED) is 0.746. The molecule has 0 aromatic heterocycles. The van der Waals surface area contributed by atoms with E-state index in [1.807, 2.05) is 0 Å². The highest BCUT2D eigenvalue weighted by atomic mass is 16.5. The second kappa shape index (κ2) is 5.13. The monoisotopic (exact) mass is 213 g/mol. The third kappa shape index (κ3) is 2.42. The summed E-state index contributed by atoms with van der Waals surface area (Å²) in [6.07, 6.45) is 1.03. The van der Waals surface area contributed by atoms with Gasteiger partial charge in [0.15, 0.2) is 0 Å². The molecule has 1 heteroatoms. The van der Waals surface area contributed by atoms with Gasteiger partial charge in [-0.2, -0.15) is 0 Å². The molecule has 1 radical (unpaired) electrons. The maximum Gasteiger partial charge on any atom is 0.0726 e. The van der Waals surface area contributed by atoms with E-state index in [4.69, 9.17) is 4.74 Å². The normalized spacial score (nSPS) is 12.9. The van der Waals surface area contributed by atoms with Crippen LogP contribution in [0.2, 0.25) is 0 Å². The molecule has 16 heavy (non-hydrogen) atoms. The highest BCUT2D eigenvalue weighted by Gasteiger charge is 2.03. The van der Waals surface area contributed by atoms with Gasteiger partial charge in [0.05, 0.1) is 12.7 Å². The van der Waals surface area contributed by atoms with E-state index < -0.39 is 0 Å². The third-order valence-corrected chi connectivity index (χ3v) is 2.81. The summed E-state index contributed by atoms with van der Waals surface area (Å²) < 4.78 is 5.67. The molecule has 0 aliphatic carbocycles. The number of hydrogen-bond donors (Lipinski definition) is 0. The van der Waals surface area contributed by atoms with Crippen molar-refractivity contribution in [3.8, 4) is 0 Å². The van der Waals surface area contributed by atoms with Crippen LogP contribution < -0.4 is 0 Å². The van der Waals surface area contributed by atoms with Crippen molar-refractivity contribution in [1.29, 1.82) is 0 Å². The maximum atomic E-state index is 5.67. The molecule has 0 saturated carbocycles. The second-order valence-corrected chi connectivity index (χ2v) is 3.98. The van der Waals surface area contributed by atoms with E-state index in [2.05, 4.69) is 56.3 Å². The molecule has 2 rings (SSSR count). The zero-order valence-electron chi connectivity index (χ0n) is 9.65. The minimum absolute atomic E-state index is 0.0824. The highest BCUT2D eigenvalue weighted by Crippen LogP contribution is 2.19. The molecule has 0 aliphatic rings. The fourth-order valence-electron chi connectivity index (χ4n) is 1.74. The summed E-state index contributed by atoms with van der Waals surface area (Å²) in [5, 5.41) is 2.54. The second-order valence-electron chi connectivity index (χ2n) is 3.98. The average Bonchev–Trinajstić information content (AvgIpc) is 2.35. The van der Waals surface area contributed by atoms with Gasteiger partial charge in [-0.3, -0.25) is 0 Å². The lowest BCUT2D eigenvalue weighted by molar-refractivity contribution is 0.0686. The molecule has 0 bridgehead atoms. The summed E-state index contributed by atoms with van der Waals surface area (Å²) in [6, 6.07) is 14.7. The van der Waals surface area contributed by atoms with Crippen LogP contribution in [-0.2, 0) is 11.3 Å². The van der Waals surface area contributed by atoms with E-state index in [0.29, 0.717) is 6.61 Å². The Morgan fingerprint density at radius 2 is 1.88 bits per heavy atom. The molecule has 0 aliphatic heterocycles. The first kappa shape index (κ1) is 11.2. The molecule has 0 saturated heterocycles. The Bertz CT molecular complexity index is 456. The van der Waals surface area contributed by atoms with Crippen molar-refractivity contribution in [2.45, 2.75) is 26.1 Å². The number of benzene rings is 2. The summed E-state index contributed by atoms with van der Waals surface area (Å²) in [5.74, 6) is 0. The van der Waals surface area contributed by atoms with Crippen molar-refractivity contribution in [2.24, 2.45) is 0 Å². The Kier molecular flexibility index (Phi) is 3.58. The smallest absolute Gasteiger partial charge is 0.0726 e. The molecule has 2 aromatic carbocycles. The topological polar surface area (TPSA) is 9.23 Å². The lowest BCUT2D eigenvalue weighted by Gasteiger charge is -2.12. The van der Waals surface area contributed by atoms with Crippen molar-refractivity contribution < 1.29 is 4.74 Å². The predicted octanol–water partition coefficient (Wildman–Crippen LogP) is 3.97. The summed E-state index contributed by atoms with van der Waals surface area (Å²) >= 11 is 0. The summed E-state index contributed by atoms with van der Waals surface area (Å²) in [4.78, 5) is 0. The van der Waals surface area contributed by atoms with Gasteiger partial charge < -0.3 is 4.74 Å². The standard InChI is InChI=1S/C15H17O/c1-3-12(2)16-11-14-9-6-8-13-7-4-5-10-15(13)14/h4-10,12H,2-3,11H2,1H3. The first-order valence-corrected chi connectivity index (χ1v) is 5.72. The van der Waals surface area contributed by atoms with Crippen LogP contribution in [0.5, 0.6) is 0 Å².